The number of aliphatic hydroxyl groups is 1. The van der Waals surface area contributed by atoms with Crippen LogP contribution in [0.2, 0.25) is 0 Å². The van der Waals surface area contributed by atoms with E-state index in [4.69, 9.17) is 4.74 Å². The van der Waals surface area contributed by atoms with E-state index >= 15 is 0 Å². The normalized spacial score (nSPS) is 17.9. The van der Waals surface area contributed by atoms with Gasteiger partial charge in [0.15, 0.2) is 11.6 Å². The van der Waals surface area contributed by atoms with Crippen LogP contribution in [0.15, 0.2) is 48.5 Å². The van der Waals surface area contributed by atoms with Gasteiger partial charge in [-0.15, -0.1) is 0 Å². The van der Waals surface area contributed by atoms with E-state index in [2.05, 4.69) is 20.6 Å². The van der Waals surface area contributed by atoms with E-state index in [1.807, 2.05) is 37.3 Å². The maximum Gasteiger partial charge on any atom is 0.320 e. The zero-order chi connectivity index (χ0) is 25.7. The Kier molecular flexibility index (Phi) is 8.29. The van der Waals surface area contributed by atoms with Crippen LogP contribution in [0, 0.1) is 18.6 Å². The molecule has 4 rings (SSSR count). The molecule has 3 N–H and O–H groups in total. The summed E-state index contributed by atoms with van der Waals surface area (Å²) in [5.41, 5.74) is 2.83. The number of amides is 2. The fraction of sp³-hybridized carbons (Fsp3) is 0.385. The van der Waals surface area contributed by atoms with Crippen LogP contribution >= 0.6 is 0 Å². The summed E-state index contributed by atoms with van der Waals surface area (Å²) in [5, 5.41) is 20.0. The third-order valence-corrected chi connectivity index (χ3v) is 6.50. The predicted octanol–water partition coefficient (Wildman–Crippen LogP) is 3.23. The summed E-state index contributed by atoms with van der Waals surface area (Å²) < 4.78 is 34.4. The van der Waals surface area contributed by atoms with Gasteiger partial charge < -0.3 is 15.2 Å². The number of halogens is 2. The molecule has 2 heterocycles. The predicted molar refractivity (Wildman–Crippen MR) is 132 cm³/mol. The number of carbonyl (C=O) groups excluding carboxylic acids is 1. The first-order valence-electron chi connectivity index (χ1n) is 11.9. The number of carbonyl (C=O) groups is 1. The fourth-order valence-electron chi connectivity index (χ4n) is 4.61. The molecule has 3 aromatic rings. The molecule has 0 aliphatic carbocycles. The van der Waals surface area contributed by atoms with Crippen molar-refractivity contribution in [1.29, 1.82) is 0 Å². The second-order valence-electron chi connectivity index (χ2n) is 8.88. The van der Waals surface area contributed by atoms with Crippen LogP contribution in [0.1, 0.15) is 22.7 Å². The lowest BCUT2D eigenvalue weighted by molar-refractivity contribution is 0.159. The first-order valence-corrected chi connectivity index (χ1v) is 11.9. The number of rotatable bonds is 9. The first kappa shape index (κ1) is 25.7. The lowest BCUT2D eigenvalue weighted by Gasteiger charge is -2.21. The maximum atomic E-state index is 14.0. The SMILES string of the molecule is COCCN1C[C@@H](NC(=O)Nc2c(C)c(CCO)nn2-c2ccccc2)[C@H](c2ccc(F)c(F)c2)C1. The zero-order valence-electron chi connectivity index (χ0n) is 20.4. The number of urea groups is 1. The number of methoxy groups -OCH3 is 1. The number of ether oxygens (including phenoxy) is 1. The van der Waals surface area contributed by atoms with Gasteiger partial charge in [0.05, 0.1) is 24.0 Å². The van der Waals surface area contributed by atoms with E-state index in [0.29, 0.717) is 49.7 Å². The largest absolute Gasteiger partial charge is 0.396 e. The van der Waals surface area contributed by atoms with Crippen molar-refractivity contribution in [1.82, 2.24) is 20.0 Å². The Labute approximate surface area is 208 Å². The summed E-state index contributed by atoms with van der Waals surface area (Å²) in [5.74, 6) is -1.54. The summed E-state index contributed by atoms with van der Waals surface area (Å²) in [6, 6.07) is 12.5. The highest BCUT2D eigenvalue weighted by molar-refractivity contribution is 5.90. The molecule has 0 saturated carbocycles. The average Bonchev–Trinajstić information content (AvgIpc) is 3.41. The van der Waals surface area contributed by atoms with E-state index in [1.165, 1.54) is 6.07 Å². The van der Waals surface area contributed by atoms with E-state index in [-0.39, 0.29) is 18.6 Å². The van der Waals surface area contributed by atoms with Gasteiger partial charge in [-0.2, -0.15) is 5.10 Å². The Morgan fingerprint density at radius 3 is 2.64 bits per heavy atom. The van der Waals surface area contributed by atoms with Gasteiger partial charge in [0.25, 0.3) is 0 Å². The van der Waals surface area contributed by atoms with Gasteiger partial charge >= 0.3 is 6.03 Å². The number of nitrogens with one attached hydrogen (secondary N) is 2. The number of hydrogen-bond acceptors (Lipinski definition) is 5. The van der Waals surface area contributed by atoms with Crippen LogP contribution in [-0.2, 0) is 11.2 Å². The molecule has 0 radical (unpaired) electrons. The second-order valence-corrected chi connectivity index (χ2v) is 8.88. The molecule has 1 saturated heterocycles. The highest BCUT2D eigenvalue weighted by Gasteiger charge is 2.35. The molecular formula is C26H31F2N5O3. The molecule has 192 valence electrons. The molecule has 1 aliphatic heterocycles. The number of nitrogens with zero attached hydrogens (tertiary/aromatic N) is 3. The number of aromatic nitrogens is 2. The van der Waals surface area contributed by atoms with E-state index in [9.17, 15) is 18.7 Å². The molecule has 1 fully saturated rings. The number of aliphatic hydroxyl groups excluding tert-OH is 1. The topological polar surface area (TPSA) is 91.7 Å². The molecule has 10 heteroatoms. The summed E-state index contributed by atoms with van der Waals surface area (Å²) in [7, 11) is 1.62. The second kappa shape index (κ2) is 11.6. The minimum Gasteiger partial charge on any atom is -0.396 e. The molecule has 0 bridgehead atoms. The number of para-hydroxylation sites is 1. The molecule has 1 aliphatic rings. The molecule has 0 spiro atoms. The quantitative estimate of drug-likeness (QED) is 0.421. The Hall–Kier alpha value is -3.34. The minimum atomic E-state index is -0.912. The van der Waals surface area contributed by atoms with Gasteiger partial charge in [0.2, 0.25) is 0 Å². The number of hydrogen-bond donors (Lipinski definition) is 3. The van der Waals surface area contributed by atoms with Crippen LogP contribution in [0.5, 0.6) is 0 Å². The Bertz CT molecular complexity index is 1190. The minimum absolute atomic E-state index is 0.0619. The summed E-state index contributed by atoms with van der Waals surface area (Å²) in [4.78, 5) is 15.3. The highest BCUT2D eigenvalue weighted by atomic mass is 19.2. The van der Waals surface area contributed by atoms with E-state index in [0.717, 1.165) is 17.3 Å². The number of anilines is 1. The molecule has 1 aromatic heterocycles. The zero-order valence-corrected chi connectivity index (χ0v) is 20.4. The van der Waals surface area contributed by atoms with Gasteiger partial charge in [-0.1, -0.05) is 24.3 Å². The standard InChI is InChI=1S/C26H31F2N5O3/c1-17-23(10-12-34)31-33(19-6-4-3-5-7-19)25(17)30-26(35)29-24-16-32(11-13-36-2)15-20(24)18-8-9-21(27)22(28)14-18/h3-9,14,20,24,34H,10-13,15-16H2,1-2H3,(H2,29,30,35)/t20-,24+/m0/s1. The number of benzene rings is 2. The van der Waals surface area contributed by atoms with Crippen molar-refractivity contribution in [2.75, 3.05) is 45.3 Å². The third-order valence-electron chi connectivity index (χ3n) is 6.50. The summed E-state index contributed by atoms with van der Waals surface area (Å²) in [6.07, 6.45) is 0.358. The molecular weight excluding hydrogens is 468 g/mol. The van der Waals surface area contributed by atoms with Crippen LogP contribution in [0.4, 0.5) is 19.4 Å². The van der Waals surface area contributed by atoms with Gasteiger partial charge in [-0.05, 0) is 36.8 Å². The molecule has 36 heavy (non-hydrogen) atoms. The smallest absolute Gasteiger partial charge is 0.320 e. The molecule has 2 aromatic carbocycles. The molecule has 0 unspecified atom stereocenters. The number of likely N-dealkylation sites (tertiary alicyclic amines) is 1. The van der Waals surface area contributed by atoms with Crippen molar-refractivity contribution in [2.45, 2.75) is 25.3 Å². The first-order chi connectivity index (χ1) is 17.4. The lowest BCUT2D eigenvalue weighted by atomic mass is 9.94. The summed E-state index contributed by atoms with van der Waals surface area (Å²) >= 11 is 0. The van der Waals surface area contributed by atoms with Crippen LogP contribution in [0.3, 0.4) is 0 Å². The van der Waals surface area contributed by atoms with Gasteiger partial charge in [-0.25, -0.2) is 18.3 Å². The van der Waals surface area contributed by atoms with Crippen molar-refractivity contribution < 1.29 is 23.4 Å². The van der Waals surface area contributed by atoms with E-state index < -0.39 is 17.7 Å². The van der Waals surface area contributed by atoms with Crippen molar-refractivity contribution >= 4 is 11.8 Å². The lowest BCUT2D eigenvalue weighted by Crippen LogP contribution is -2.42. The van der Waals surface area contributed by atoms with Gasteiger partial charge in [-0.3, -0.25) is 10.2 Å². The van der Waals surface area contributed by atoms with Gasteiger partial charge in [0, 0.05) is 51.3 Å². The maximum absolute atomic E-state index is 14.0. The third kappa shape index (κ3) is 5.72. The molecule has 8 nitrogen and oxygen atoms in total. The Morgan fingerprint density at radius 1 is 1.17 bits per heavy atom. The van der Waals surface area contributed by atoms with Crippen LogP contribution < -0.4 is 10.6 Å². The monoisotopic (exact) mass is 499 g/mol. The van der Waals surface area contributed by atoms with Gasteiger partial charge in [0.1, 0.15) is 5.82 Å². The average molecular weight is 500 g/mol. The Morgan fingerprint density at radius 2 is 1.94 bits per heavy atom. The van der Waals surface area contributed by atoms with E-state index in [1.54, 1.807) is 17.9 Å². The van der Waals surface area contributed by atoms with Crippen molar-refractivity contribution in [3.8, 4) is 5.69 Å². The van der Waals surface area contributed by atoms with Crippen LogP contribution in [-0.4, -0.2) is 71.8 Å². The fourth-order valence-corrected chi connectivity index (χ4v) is 4.61. The molecule has 2 atom stereocenters. The highest BCUT2D eigenvalue weighted by Crippen LogP contribution is 2.29. The molecule has 2 amide bonds. The summed E-state index contributed by atoms with van der Waals surface area (Å²) in [6.45, 7) is 4.06. The van der Waals surface area contributed by atoms with Crippen LogP contribution in [0.25, 0.3) is 5.69 Å². The van der Waals surface area contributed by atoms with Crippen molar-refractivity contribution in [2.24, 2.45) is 0 Å². The van der Waals surface area contributed by atoms with Crippen molar-refractivity contribution in [3.63, 3.8) is 0 Å². The Balaban J connectivity index is 1.56. The van der Waals surface area contributed by atoms with Crippen molar-refractivity contribution in [3.05, 3.63) is 77.0 Å².